The maximum absolute atomic E-state index is 12.4. The zero-order valence-electron chi connectivity index (χ0n) is 15.9. The predicted molar refractivity (Wildman–Crippen MR) is 105 cm³/mol. The Labute approximate surface area is 165 Å². The molecule has 6 nitrogen and oxygen atoms in total. The maximum Gasteiger partial charge on any atom is 0.241 e. The summed E-state index contributed by atoms with van der Waals surface area (Å²) in [5.41, 5.74) is 0.871. The van der Waals surface area contributed by atoms with E-state index >= 15 is 0 Å². The Bertz CT molecular complexity index is 745. The Hall–Kier alpha value is -1.92. The van der Waals surface area contributed by atoms with Crippen molar-refractivity contribution in [2.45, 2.75) is 39.7 Å². The largest absolute Gasteiger partial charge is 0.356 e. The molecule has 1 aromatic heterocycles. The number of halogens is 1. The standard InChI is InChI=1S/C20H27ClN4O2/c1-14(2)9-10-22-20(26)16-4-3-11-25(12-16)13-18-23-19(24-27-18)15-5-7-17(21)8-6-15/h5-8,14,16H,3-4,9-13H2,1-2H3,(H,22,26). The van der Waals surface area contributed by atoms with Gasteiger partial charge in [0.2, 0.25) is 17.6 Å². The van der Waals surface area contributed by atoms with Crippen LogP contribution >= 0.6 is 11.6 Å². The number of piperidine rings is 1. The molecule has 2 heterocycles. The minimum atomic E-state index is 0.0320. The van der Waals surface area contributed by atoms with Crippen LogP contribution in [0.25, 0.3) is 11.4 Å². The van der Waals surface area contributed by atoms with Gasteiger partial charge in [0.05, 0.1) is 12.5 Å². The van der Waals surface area contributed by atoms with Gasteiger partial charge in [0.1, 0.15) is 0 Å². The van der Waals surface area contributed by atoms with Crippen LogP contribution in [0, 0.1) is 11.8 Å². The van der Waals surface area contributed by atoms with E-state index in [1.54, 1.807) is 12.1 Å². The predicted octanol–water partition coefficient (Wildman–Crippen LogP) is 3.76. The number of aromatic nitrogens is 2. The van der Waals surface area contributed by atoms with Gasteiger partial charge in [-0.2, -0.15) is 4.98 Å². The molecule has 1 aromatic carbocycles. The fourth-order valence-corrected chi connectivity index (χ4v) is 3.39. The van der Waals surface area contributed by atoms with E-state index in [0.717, 1.165) is 44.5 Å². The van der Waals surface area contributed by atoms with Crippen LogP contribution < -0.4 is 5.32 Å². The smallest absolute Gasteiger partial charge is 0.241 e. The van der Waals surface area contributed by atoms with Crippen molar-refractivity contribution in [3.8, 4) is 11.4 Å². The van der Waals surface area contributed by atoms with Crippen molar-refractivity contribution < 1.29 is 9.32 Å². The average molecular weight is 391 g/mol. The van der Waals surface area contributed by atoms with E-state index in [1.165, 1.54) is 0 Å². The Morgan fingerprint density at radius 2 is 2.15 bits per heavy atom. The molecule has 1 fully saturated rings. The Morgan fingerprint density at radius 1 is 1.37 bits per heavy atom. The number of nitrogens with zero attached hydrogens (tertiary/aromatic N) is 3. The molecule has 1 aliphatic heterocycles. The number of rotatable bonds is 7. The molecule has 0 bridgehead atoms. The van der Waals surface area contributed by atoms with Gasteiger partial charge in [0.15, 0.2) is 0 Å². The first-order chi connectivity index (χ1) is 13.0. The summed E-state index contributed by atoms with van der Waals surface area (Å²) in [5.74, 6) is 1.92. The Balaban J connectivity index is 1.53. The van der Waals surface area contributed by atoms with Crippen LogP contribution in [0.3, 0.4) is 0 Å². The summed E-state index contributed by atoms with van der Waals surface area (Å²) >= 11 is 5.92. The molecular formula is C20H27ClN4O2. The van der Waals surface area contributed by atoms with Gasteiger partial charge >= 0.3 is 0 Å². The van der Waals surface area contributed by atoms with Gasteiger partial charge in [0, 0.05) is 23.7 Å². The first-order valence-electron chi connectivity index (χ1n) is 9.60. The van der Waals surface area contributed by atoms with Crippen molar-refractivity contribution in [3.05, 3.63) is 35.2 Å². The second-order valence-corrected chi connectivity index (χ2v) is 8.00. The minimum Gasteiger partial charge on any atom is -0.356 e. The summed E-state index contributed by atoms with van der Waals surface area (Å²) in [5, 5.41) is 7.80. The summed E-state index contributed by atoms with van der Waals surface area (Å²) in [6.07, 6.45) is 2.95. The molecule has 0 aliphatic carbocycles. The molecule has 1 aliphatic rings. The van der Waals surface area contributed by atoms with Gasteiger partial charge in [-0.25, -0.2) is 0 Å². The van der Waals surface area contributed by atoms with Crippen molar-refractivity contribution in [1.82, 2.24) is 20.4 Å². The number of hydrogen-bond acceptors (Lipinski definition) is 5. The molecule has 1 saturated heterocycles. The second kappa shape index (κ2) is 9.33. The molecule has 7 heteroatoms. The zero-order valence-corrected chi connectivity index (χ0v) is 16.7. The van der Waals surface area contributed by atoms with Gasteiger partial charge in [0.25, 0.3) is 0 Å². The minimum absolute atomic E-state index is 0.0320. The van der Waals surface area contributed by atoms with Crippen LogP contribution in [0.2, 0.25) is 5.02 Å². The molecule has 0 radical (unpaired) electrons. The molecular weight excluding hydrogens is 364 g/mol. The lowest BCUT2D eigenvalue weighted by atomic mass is 9.97. The number of hydrogen-bond donors (Lipinski definition) is 1. The monoisotopic (exact) mass is 390 g/mol. The molecule has 2 aromatic rings. The van der Waals surface area contributed by atoms with Crippen molar-refractivity contribution in [1.29, 1.82) is 0 Å². The van der Waals surface area contributed by atoms with Crippen molar-refractivity contribution in [2.24, 2.45) is 11.8 Å². The summed E-state index contributed by atoms with van der Waals surface area (Å²) in [7, 11) is 0. The highest BCUT2D eigenvalue weighted by Crippen LogP contribution is 2.21. The number of amides is 1. The molecule has 27 heavy (non-hydrogen) atoms. The molecule has 1 atom stereocenters. The van der Waals surface area contributed by atoms with Crippen LogP contribution in [0.5, 0.6) is 0 Å². The molecule has 1 amide bonds. The molecule has 0 spiro atoms. The van der Waals surface area contributed by atoms with Crippen LogP contribution in [0.4, 0.5) is 0 Å². The van der Waals surface area contributed by atoms with Crippen molar-refractivity contribution in [2.75, 3.05) is 19.6 Å². The van der Waals surface area contributed by atoms with E-state index in [0.29, 0.717) is 29.2 Å². The van der Waals surface area contributed by atoms with Crippen LogP contribution in [0.15, 0.2) is 28.8 Å². The van der Waals surface area contributed by atoms with Gasteiger partial charge < -0.3 is 9.84 Å². The summed E-state index contributed by atoms with van der Waals surface area (Å²) in [6.45, 7) is 7.31. The third-order valence-electron chi connectivity index (χ3n) is 4.83. The number of carbonyl (C=O) groups is 1. The summed E-state index contributed by atoms with van der Waals surface area (Å²) in [6, 6.07) is 7.35. The molecule has 1 N–H and O–H groups in total. The highest BCUT2D eigenvalue weighted by atomic mass is 35.5. The number of benzene rings is 1. The first kappa shape index (κ1) is 19.8. The number of likely N-dealkylation sites (tertiary alicyclic amines) is 1. The third-order valence-corrected chi connectivity index (χ3v) is 5.08. The first-order valence-corrected chi connectivity index (χ1v) is 9.97. The van der Waals surface area contributed by atoms with E-state index in [9.17, 15) is 4.79 Å². The van der Waals surface area contributed by atoms with Gasteiger partial charge in [-0.15, -0.1) is 0 Å². The second-order valence-electron chi connectivity index (χ2n) is 7.57. The zero-order chi connectivity index (χ0) is 19.2. The molecule has 0 saturated carbocycles. The lowest BCUT2D eigenvalue weighted by molar-refractivity contribution is -0.126. The SMILES string of the molecule is CC(C)CCNC(=O)C1CCCN(Cc2nc(-c3ccc(Cl)cc3)no2)C1. The quantitative estimate of drug-likeness (QED) is 0.779. The normalized spacial score (nSPS) is 18.0. The third kappa shape index (κ3) is 5.78. The molecule has 1 unspecified atom stereocenters. The van der Waals surface area contributed by atoms with Gasteiger partial charge in [-0.3, -0.25) is 9.69 Å². The summed E-state index contributed by atoms with van der Waals surface area (Å²) in [4.78, 5) is 19.1. The molecule has 3 rings (SSSR count). The van der Waals surface area contributed by atoms with E-state index < -0.39 is 0 Å². The lowest BCUT2D eigenvalue weighted by Crippen LogP contribution is -2.43. The van der Waals surface area contributed by atoms with E-state index in [1.807, 2.05) is 12.1 Å². The summed E-state index contributed by atoms with van der Waals surface area (Å²) < 4.78 is 5.40. The number of carbonyl (C=O) groups excluding carboxylic acids is 1. The lowest BCUT2D eigenvalue weighted by Gasteiger charge is -2.30. The maximum atomic E-state index is 12.4. The number of nitrogens with one attached hydrogen (secondary N) is 1. The molecule has 146 valence electrons. The Kier molecular flexibility index (Phi) is 6.85. The van der Waals surface area contributed by atoms with Crippen LogP contribution in [-0.4, -0.2) is 40.6 Å². The average Bonchev–Trinajstić information content (AvgIpc) is 3.10. The highest BCUT2D eigenvalue weighted by Gasteiger charge is 2.26. The fourth-order valence-electron chi connectivity index (χ4n) is 3.27. The van der Waals surface area contributed by atoms with E-state index in [4.69, 9.17) is 16.1 Å². The van der Waals surface area contributed by atoms with Crippen LogP contribution in [0.1, 0.15) is 39.0 Å². The van der Waals surface area contributed by atoms with Gasteiger partial charge in [-0.1, -0.05) is 30.6 Å². The topological polar surface area (TPSA) is 71.3 Å². The van der Waals surface area contributed by atoms with Crippen molar-refractivity contribution in [3.63, 3.8) is 0 Å². The highest BCUT2D eigenvalue weighted by molar-refractivity contribution is 6.30. The van der Waals surface area contributed by atoms with Crippen molar-refractivity contribution >= 4 is 17.5 Å². The Morgan fingerprint density at radius 3 is 2.89 bits per heavy atom. The van der Waals surface area contributed by atoms with Crippen LogP contribution in [-0.2, 0) is 11.3 Å². The van der Waals surface area contributed by atoms with E-state index in [2.05, 4.69) is 34.2 Å². The fraction of sp³-hybridized carbons (Fsp3) is 0.550. The van der Waals surface area contributed by atoms with Gasteiger partial charge in [-0.05, 0) is 56.0 Å². The van der Waals surface area contributed by atoms with E-state index in [-0.39, 0.29) is 11.8 Å².